The van der Waals surface area contributed by atoms with Gasteiger partial charge < -0.3 is 89.3 Å². The quantitative estimate of drug-likeness (QED) is 0.0360. The van der Waals surface area contributed by atoms with Crippen molar-refractivity contribution in [2.75, 3.05) is 20.3 Å². The first kappa shape index (κ1) is 42.4. The fourth-order valence-corrected chi connectivity index (χ4v) is 5.67. The molecule has 5 rings (SSSR count). The number of hydrogen-bond acceptors (Lipinski definition) is 20. The zero-order chi connectivity index (χ0) is 41.9. The molecule has 1 aromatic heterocycles. The van der Waals surface area contributed by atoms with Crippen LogP contribution in [0, 0.1) is 0 Å². The van der Waals surface area contributed by atoms with Crippen molar-refractivity contribution in [2.45, 2.75) is 74.3 Å². The standard InChI is InChI=1S/C34H36O23/c1-50-17-3-11(2-15(36)25(17)43)32-18(55-34-31(49)29(47)27(45)20(57-34)10-52-24(42)8-22(39)40)6-13-14(35)4-12(5-16(13)54-32)53-33-30(48)28(46)26(44)19(56-33)9-51-23(41)7-21(37)38/h2-6,19-20,26-31,33-34,44-49H,7-10H2,1H3,(H4-,35,36,37,38,39,40,43)/p+1/t19?,20?,26-,27-,28+,29+,30?,31?,33-,34-/m1/s1. The van der Waals surface area contributed by atoms with Crippen molar-refractivity contribution in [1.29, 1.82) is 0 Å². The van der Waals surface area contributed by atoms with Crippen LogP contribution in [0.1, 0.15) is 12.8 Å². The number of phenols is 3. The van der Waals surface area contributed by atoms with Crippen LogP contribution in [0.15, 0.2) is 34.7 Å². The van der Waals surface area contributed by atoms with Crippen LogP contribution in [0.2, 0.25) is 0 Å². The smallest absolute Gasteiger partial charge is 0.402 e. The number of fused-ring (bicyclic) bond motifs is 1. The number of carbonyl (C=O) groups excluding carboxylic acids is 2. The lowest BCUT2D eigenvalue weighted by Crippen LogP contribution is -2.60. The van der Waals surface area contributed by atoms with E-state index in [4.69, 9.17) is 47.8 Å². The Morgan fingerprint density at radius 2 is 1.18 bits per heavy atom. The lowest BCUT2D eigenvalue weighted by molar-refractivity contribution is -0.278. The van der Waals surface area contributed by atoms with Crippen molar-refractivity contribution in [3.05, 3.63) is 30.3 Å². The van der Waals surface area contributed by atoms with Gasteiger partial charge in [0.2, 0.25) is 24.1 Å². The summed E-state index contributed by atoms with van der Waals surface area (Å²) in [5.41, 5.74) is -0.314. The van der Waals surface area contributed by atoms with E-state index in [0.29, 0.717) is 0 Å². The van der Waals surface area contributed by atoms with Crippen LogP contribution in [0.4, 0.5) is 0 Å². The van der Waals surface area contributed by atoms with Gasteiger partial charge in [0.1, 0.15) is 91.8 Å². The first-order chi connectivity index (χ1) is 26.9. The maximum Gasteiger partial charge on any atom is 0.402 e. The molecule has 0 bridgehead atoms. The average Bonchev–Trinajstić information content (AvgIpc) is 3.14. The summed E-state index contributed by atoms with van der Waals surface area (Å²) in [6.07, 6.45) is -20.4. The Labute approximate surface area is 318 Å². The highest BCUT2D eigenvalue weighted by molar-refractivity contribution is 5.91. The number of hydrogen-bond donors (Lipinski definition) is 11. The zero-order valence-corrected chi connectivity index (χ0v) is 29.3. The molecule has 2 aromatic carbocycles. The molecule has 57 heavy (non-hydrogen) atoms. The van der Waals surface area contributed by atoms with E-state index in [0.717, 1.165) is 24.3 Å². The lowest BCUT2D eigenvalue weighted by atomic mass is 9.99. The van der Waals surface area contributed by atoms with E-state index in [1.807, 2.05) is 0 Å². The Hall–Kier alpha value is -5.79. The maximum atomic E-state index is 11.8. The van der Waals surface area contributed by atoms with Crippen molar-refractivity contribution >= 4 is 34.8 Å². The van der Waals surface area contributed by atoms with Gasteiger partial charge in [-0.1, -0.05) is 0 Å². The number of aromatic hydroxyl groups is 3. The number of rotatable bonds is 14. The van der Waals surface area contributed by atoms with Gasteiger partial charge in [-0.15, -0.1) is 0 Å². The summed E-state index contributed by atoms with van der Waals surface area (Å²) in [5, 5.41) is 112. The normalized spacial score (nSPS) is 27.3. The van der Waals surface area contributed by atoms with Crippen molar-refractivity contribution in [3.63, 3.8) is 0 Å². The van der Waals surface area contributed by atoms with E-state index >= 15 is 0 Å². The number of ether oxygens (including phenoxy) is 7. The molecular weight excluding hydrogens is 776 g/mol. The topological polar surface area (TPSA) is 367 Å². The molecule has 4 unspecified atom stereocenters. The van der Waals surface area contributed by atoms with Crippen LogP contribution >= 0.6 is 0 Å². The number of methoxy groups -OCH3 is 1. The van der Waals surface area contributed by atoms with E-state index in [2.05, 4.69) is 0 Å². The van der Waals surface area contributed by atoms with Gasteiger partial charge in [-0.05, 0) is 0 Å². The molecule has 2 aliphatic heterocycles. The molecule has 2 fully saturated rings. The van der Waals surface area contributed by atoms with Crippen LogP contribution in [-0.4, -0.2) is 162 Å². The minimum atomic E-state index is -2.00. The van der Waals surface area contributed by atoms with Crippen LogP contribution in [0.25, 0.3) is 22.3 Å². The van der Waals surface area contributed by atoms with Crippen LogP contribution in [0.3, 0.4) is 0 Å². The van der Waals surface area contributed by atoms with Gasteiger partial charge in [0.25, 0.3) is 0 Å². The highest BCUT2D eigenvalue weighted by Crippen LogP contribution is 2.45. The predicted molar refractivity (Wildman–Crippen MR) is 179 cm³/mol. The molecule has 0 radical (unpaired) electrons. The molecule has 3 heterocycles. The van der Waals surface area contributed by atoms with E-state index < -0.39 is 134 Å². The number of carboxylic acid groups (broad SMARTS) is 2. The number of esters is 2. The molecule has 3 aromatic rings. The van der Waals surface area contributed by atoms with E-state index in [1.54, 1.807) is 0 Å². The molecule has 0 amide bonds. The Balaban J connectivity index is 1.49. The third kappa shape index (κ3) is 9.61. The minimum absolute atomic E-state index is 0.0849. The predicted octanol–water partition coefficient (Wildman–Crippen LogP) is -2.09. The molecule has 2 aliphatic rings. The van der Waals surface area contributed by atoms with Crippen LogP contribution in [0.5, 0.6) is 34.5 Å². The van der Waals surface area contributed by atoms with E-state index in [1.165, 1.54) is 13.2 Å². The maximum absolute atomic E-state index is 11.8. The van der Waals surface area contributed by atoms with E-state index in [9.17, 15) is 65.1 Å². The van der Waals surface area contributed by atoms with E-state index in [-0.39, 0.29) is 33.8 Å². The summed E-state index contributed by atoms with van der Waals surface area (Å²) in [4.78, 5) is 45.1. The van der Waals surface area contributed by atoms with Crippen molar-refractivity contribution in [3.8, 4) is 45.8 Å². The Morgan fingerprint density at radius 1 is 0.649 bits per heavy atom. The largest absolute Gasteiger partial charge is 0.507 e. The molecule has 10 atom stereocenters. The van der Waals surface area contributed by atoms with Gasteiger partial charge in [-0.2, -0.15) is 0 Å². The third-order valence-corrected chi connectivity index (χ3v) is 8.58. The molecule has 23 heteroatoms. The molecular formula is C34H37O23+. The monoisotopic (exact) mass is 813 g/mol. The van der Waals surface area contributed by atoms with Crippen molar-refractivity contribution in [2.24, 2.45) is 0 Å². The van der Waals surface area contributed by atoms with Crippen LogP contribution < -0.4 is 14.2 Å². The summed E-state index contributed by atoms with van der Waals surface area (Å²) in [6, 6.07) is 5.44. The first-order valence-electron chi connectivity index (χ1n) is 16.6. The van der Waals surface area contributed by atoms with Gasteiger partial charge in [0.05, 0.1) is 18.7 Å². The highest BCUT2D eigenvalue weighted by atomic mass is 16.7. The van der Waals surface area contributed by atoms with Gasteiger partial charge in [-0.3, -0.25) is 19.2 Å². The third-order valence-electron chi connectivity index (χ3n) is 8.58. The number of carboxylic acids is 2. The molecule has 0 saturated carbocycles. The highest BCUT2D eigenvalue weighted by Gasteiger charge is 2.48. The Kier molecular flexibility index (Phi) is 13.0. The molecule has 310 valence electrons. The molecule has 23 nitrogen and oxygen atoms in total. The van der Waals surface area contributed by atoms with Gasteiger partial charge >= 0.3 is 35.2 Å². The number of phenolic OH excluding ortho intramolecular Hbond substituents is 3. The molecule has 11 N–H and O–H groups in total. The number of carbonyl (C=O) groups is 4. The van der Waals surface area contributed by atoms with Gasteiger partial charge in [0, 0.05) is 24.3 Å². The fraction of sp³-hybridized carbons (Fsp3) is 0.441. The van der Waals surface area contributed by atoms with Crippen molar-refractivity contribution in [1.82, 2.24) is 0 Å². The zero-order valence-electron chi connectivity index (χ0n) is 29.3. The Bertz CT molecular complexity index is 1980. The number of aliphatic carboxylic acids is 2. The molecule has 2 saturated heterocycles. The van der Waals surface area contributed by atoms with Gasteiger partial charge in [-0.25, -0.2) is 4.42 Å². The molecule has 0 spiro atoms. The Morgan fingerprint density at radius 3 is 1.68 bits per heavy atom. The minimum Gasteiger partial charge on any atom is -0.507 e. The molecule has 0 aliphatic carbocycles. The number of benzene rings is 2. The number of aliphatic hydroxyl groups is 6. The summed E-state index contributed by atoms with van der Waals surface area (Å²) >= 11 is 0. The average molecular weight is 814 g/mol. The first-order valence-corrected chi connectivity index (χ1v) is 16.6. The summed E-state index contributed by atoms with van der Waals surface area (Å²) in [7, 11) is 1.17. The van der Waals surface area contributed by atoms with Crippen LogP contribution in [-0.2, 0) is 38.1 Å². The second-order valence-corrected chi connectivity index (χ2v) is 12.6. The number of aliphatic hydroxyl groups excluding tert-OH is 6. The second-order valence-electron chi connectivity index (χ2n) is 12.6. The second kappa shape index (κ2) is 17.6. The summed E-state index contributed by atoms with van der Waals surface area (Å²) in [6.45, 7) is -1.54. The van der Waals surface area contributed by atoms with Gasteiger partial charge in [0.15, 0.2) is 11.5 Å². The summed E-state index contributed by atoms with van der Waals surface area (Å²) < 4.78 is 43.3. The lowest BCUT2D eigenvalue weighted by Gasteiger charge is -2.39. The fourth-order valence-electron chi connectivity index (χ4n) is 5.67. The van der Waals surface area contributed by atoms with Crippen molar-refractivity contribution < 1.29 is 113 Å². The SMILES string of the molecule is COc1cc(-c2[o+]c3cc(O[C@@H]4OC(COC(=O)CC(=O)O)[C@@H](O)[C@H](O)C4O)cc(O)c3cc2O[C@@H]2OC(COC(=O)CC(=O)O)[C@@H](O)[C@H](O)C2O)cc(O)c1O. The summed E-state index contributed by atoms with van der Waals surface area (Å²) in [5.74, 6) is -8.69.